The fraction of sp³-hybridized carbons (Fsp3) is 0.429. The molecule has 1 aliphatic heterocycles. The molecule has 0 saturated carbocycles. The van der Waals surface area contributed by atoms with Gasteiger partial charge in [-0.15, -0.1) is 0 Å². The van der Waals surface area contributed by atoms with Crippen LogP contribution in [-0.2, 0) is 5.60 Å². The Hall–Kier alpha value is -3.27. The fourth-order valence-corrected chi connectivity index (χ4v) is 3.76. The molecule has 31 heavy (non-hydrogen) atoms. The average molecular weight is 428 g/mol. The first-order chi connectivity index (χ1) is 14.7. The summed E-state index contributed by atoms with van der Waals surface area (Å²) in [6.07, 6.45) is 3.66. The van der Waals surface area contributed by atoms with E-state index in [1.807, 2.05) is 4.90 Å². The molecular weight excluding hydrogens is 403 g/mol. The minimum Gasteiger partial charge on any atom is -0.429 e. The summed E-state index contributed by atoms with van der Waals surface area (Å²) in [6, 6.07) is 4.42. The number of carbonyl (C=O) groups excluding carboxylic acids is 1. The van der Waals surface area contributed by atoms with Gasteiger partial charge in [0.05, 0.1) is 18.0 Å². The Morgan fingerprint density at radius 3 is 2.58 bits per heavy atom. The lowest BCUT2D eigenvalue weighted by Crippen LogP contribution is -2.36. The Morgan fingerprint density at radius 1 is 1.16 bits per heavy atom. The summed E-state index contributed by atoms with van der Waals surface area (Å²) in [4.78, 5) is 22.7. The number of halogens is 1. The predicted molar refractivity (Wildman–Crippen MR) is 111 cm³/mol. The molecule has 9 nitrogen and oxygen atoms in total. The van der Waals surface area contributed by atoms with Gasteiger partial charge in [0, 0.05) is 32.2 Å². The number of aliphatic hydroxyl groups is 1. The summed E-state index contributed by atoms with van der Waals surface area (Å²) >= 11 is 0. The summed E-state index contributed by atoms with van der Waals surface area (Å²) in [6.45, 7) is 7.27. The zero-order valence-electron chi connectivity index (χ0n) is 17.7. The van der Waals surface area contributed by atoms with Crippen molar-refractivity contribution in [1.29, 1.82) is 0 Å². The Morgan fingerprint density at radius 2 is 1.90 bits per heavy atom. The van der Waals surface area contributed by atoms with E-state index in [0.717, 1.165) is 0 Å². The molecule has 1 N–H and O–H groups in total. The molecule has 1 amide bonds. The first-order valence-corrected chi connectivity index (χ1v) is 10.1. The third-order valence-corrected chi connectivity index (χ3v) is 5.24. The molecule has 0 radical (unpaired) electrons. The second-order valence-corrected chi connectivity index (χ2v) is 8.07. The van der Waals surface area contributed by atoms with E-state index in [-0.39, 0.29) is 5.91 Å². The summed E-state index contributed by atoms with van der Waals surface area (Å²) in [5, 5.41) is 18.3. The molecule has 4 rings (SSSR count). The summed E-state index contributed by atoms with van der Waals surface area (Å²) < 4.78 is 19.6. The second-order valence-electron chi connectivity index (χ2n) is 8.07. The number of aryl methyl sites for hydroxylation is 1. The van der Waals surface area contributed by atoms with E-state index in [9.17, 15) is 14.3 Å². The van der Waals surface area contributed by atoms with Gasteiger partial charge >= 0.3 is 0 Å². The lowest BCUT2D eigenvalue weighted by Gasteiger charge is -2.22. The van der Waals surface area contributed by atoms with E-state index >= 15 is 0 Å². The molecule has 3 heterocycles. The molecule has 0 spiro atoms. The van der Waals surface area contributed by atoms with E-state index in [1.165, 1.54) is 35.4 Å². The normalized spacial score (nSPS) is 15.3. The van der Waals surface area contributed by atoms with Crippen LogP contribution in [-0.4, -0.2) is 62.1 Å². The van der Waals surface area contributed by atoms with E-state index in [0.29, 0.717) is 61.3 Å². The first-order valence-electron chi connectivity index (χ1n) is 10.1. The maximum absolute atomic E-state index is 13.8. The van der Waals surface area contributed by atoms with E-state index in [1.54, 1.807) is 25.7 Å². The minimum absolute atomic E-state index is 0.213. The largest absolute Gasteiger partial charge is 0.429 e. The van der Waals surface area contributed by atoms with Crippen molar-refractivity contribution in [1.82, 2.24) is 24.9 Å². The molecular formula is C21H25FN6O3. The number of aromatic nitrogens is 4. The first kappa shape index (κ1) is 21.0. The van der Waals surface area contributed by atoms with E-state index in [4.69, 9.17) is 4.42 Å². The van der Waals surface area contributed by atoms with Crippen LogP contribution in [0.3, 0.4) is 0 Å². The van der Waals surface area contributed by atoms with Crippen LogP contribution in [0.1, 0.15) is 42.1 Å². The summed E-state index contributed by atoms with van der Waals surface area (Å²) in [5.74, 6) is -0.106. The van der Waals surface area contributed by atoms with Crippen LogP contribution in [0.4, 0.5) is 10.4 Å². The van der Waals surface area contributed by atoms with Crippen LogP contribution in [0.25, 0.3) is 5.69 Å². The third kappa shape index (κ3) is 4.29. The van der Waals surface area contributed by atoms with Gasteiger partial charge in [-0.2, -0.15) is 20.0 Å². The zero-order chi connectivity index (χ0) is 22.2. The molecule has 0 unspecified atom stereocenters. The molecule has 0 bridgehead atoms. The second kappa shape index (κ2) is 8.10. The summed E-state index contributed by atoms with van der Waals surface area (Å²) in [7, 11) is 0. The van der Waals surface area contributed by atoms with Gasteiger partial charge in [0.1, 0.15) is 28.6 Å². The van der Waals surface area contributed by atoms with Crippen molar-refractivity contribution in [3.05, 3.63) is 53.4 Å². The van der Waals surface area contributed by atoms with Gasteiger partial charge < -0.3 is 19.3 Å². The van der Waals surface area contributed by atoms with Gasteiger partial charge in [-0.3, -0.25) is 4.79 Å². The van der Waals surface area contributed by atoms with Crippen LogP contribution >= 0.6 is 0 Å². The molecule has 0 aliphatic carbocycles. The highest BCUT2D eigenvalue weighted by Gasteiger charge is 2.29. The lowest BCUT2D eigenvalue weighted by molar-refractivity contribution is 0.0727. The number of hydrogen-bond donors (Lipinski definition) is 1. The number of nitrogens with zero attached hydrogens (tertiary/aromatic N) is 6. The standard InChI is InChI=1S/C21H25FN6O3/c1-14-18(21(2,3)30)25-20(31-14)27-10-4-9-26(11-12-27)19(29)16-6-5-15(22)13-17(16)28-23-7-8-24-28/h5-8,13,30H,4,9-12H2,1-3H3. The molecule has 1 aliphatic rings. The summed E-state index contributed by atoms with van der Waals surface area (Å²) in [5.41, 5.74) is 0.0399. The quantitative estimate of drug-likeness (QED) is 0.680. The topological polar surface area (TPSA) is 101 Å². The van der Waals surface area contributed by atoms with Crippen molar-refractivity contribution >= 4 is 11.9 Å². The smallest absolute Gasteiger partial charge is 0.297 e. The Labute approximate surface area is 179 Å². The number of carbonyl (C=O) groups is 1. The number of oxazole rings is 1. The van der Waals surface area contributed by atoms with Crippen molar-refractivity contribution in [2.45, 2.75) is 32.8 Å². The maximum atomic E-state index is 13.8. The highest BCUT2D eigenvalue weighted by atomic mass is 19.1. The zero-order valence-corrected chi connectivity index (χ0v) is 17.7. The molecule has 1 fully saturated rings. The lowest BCUT2D eigenvalue weighted by atomic mass is 10.0. The van der Waals surface area contributed by atoms with Crippen LogP contribution < -0.4 is 4.90 Å². The minimum atomic E-state index is -1.10. The van der Waals surface area contributed by atoms with Crippen LogP contribution in [0.15, 0.2) is 35.0 Å². The van der Waals surface area contributed by atoms with Crippen molar-refractivity contribution in [2.75, 3.05) is 31.1 Å². The monoisotopic (exact) mass is 428 g/mol. The van der Waals surface area contributed by atoms with Gasteiger partial charge in [0.2, 0.25) is 0 Å². The number of anilines is 1. The Balaban J connectivity index is 1.53. The number of amides is 1. The molecule has 164 valence electrons. The van der Waals surface area contributed by atoms with E-state index < -0.39 is 11.4 Å². The van der Waals surface area contributed by atoms with Gasteiger partial charge in [-0.1, -0.05) is 0 Å². The van der Waals surface area contributed by atoms with Crippen molar-refractivity contribution in [3.8, 4) is 5.69 Å². The third-order valence-electron chi connectivity index (χ3n) is 5.24. The number of hydrogen-bond acceptors (Lipinski definition) is 7. The number of benzene rings is 1. The van der Waals surface area contributed by atoms with Crippen molar-refractivity contribution in [2.24, 2.45) is 0 Å². The Bertz CT molecular complexity index is 1070. The highest BCUT2D eigenvalue weighted by molar-refractivity contribution is 5.97. The molecule has 2 aromatic heterocycles. The van der Waals surface area contributed by atoms with Crippen LogP contribution in [0, 0.1) is 12.7 Å². The predicted octanol–water partition coefficient (Wildman–Crippen LogP) is 2.28. The molecule has 1 aromatic carbocycles. The molecule has 10 heteroatoms. The van der Waals surface area contributed by atoms with Crippen molar-refractivity contribution in [3.63, 3.8) is 0 Å². The maximum Gasteiger partial charge on any atom is 0.297 e. The molecule has 1 saturated heterocycles. The molecule has 0 atom stereocenters. The molecule has 3 aromatic rings. The van der Waals surface area contributed by atoms with Gasteiger partial charge in [-0.25, -0.2) is 4.39 Å². The average Bonchev–Trinajstić information content (AvgIpc) is 3.32. The van der Waals surface area contributed by atoms with Crippen LogP contribution in [0.2, 0.25) is 0 Å². The van der Waals surface area contributed by atoms with Crippen molar-refractivity contribution < 1.29 is 18.7 Å². The SMILES string of the molecule is Cc1oc(N2CCCN(C(=O)c3ccc(F)cc3-n3nccn3)CC2)nc1C(C)(C)O. The van der Waals surface area contributed by atoms with Crippen LogP contribution in [0.5, 0.6) is 0 Å². The Kier molecular flexibility index (Phi) is 5.48. The van der Waals surface area contributed by atoms with Gasteiger partial charge in [0.25, 0.3) is 11.9 Å². The van der Waals surface area contributed by atoms with Gasteiger partial charge in [-0.05, 0) is 39.3 Å². The fourth-order valence-electron chi connectivity index (χ4n) is 3.76. The van der Waals surface area contributed by atoms with Gasteiger partial charge in [0.15, 0.2) is 0 Å². The highest BCUT2D eigenvalue weighted by Crippen LogP contribution is 2.28. The van der Waals surface area contributed by atoms with E-state index in [2.05, 4.69) is 15.2 Å². The number of rotatable bonds is 4.